The molecule has 2 aromatic heterocycles. The van der Waals surface area contributed by atoms with E-state index >= 15 is 0 Å². The molecule has 0 N–H and O–H groups in total. The van der Waals surface area contributed by atoms with Crippen LogP contribution in [0.1, 0.15) is 32.8 Å². The number of imidazole rings is 1. The topological polar surface area (TPSA) is 88.1 Å². The van der Waals surface area contributed by atoms with Crippen molar-refractivity contribution in [2.45, 2.75) is 47.2 Å². The molecule has 2 heterocycles. The van der Waals surface area contributed by atoms with Crippen LogP contribution in [0.25, 0.3) is 16.9 Å². The van der Waals surface area contributed by atoms with Gasteiger partial charge in [0, 0.05) is 6.54 Å². The standard InChI is InChI=1S/C21H26N4O4/c1-5-29-17(26)12-23-13-22-19-18(23)20(27)24(11-10-14(2)3)21(28)25(19)16-9-7-6-8-15(16)4/h6-9,13-14H,5,10-12H2,1-4H3. The highest BCUT2D eigenvalue weighted by molar-refractivity contribution is 5.76. The summed E-state index contributed by atoms with van der Waals surface area (Å²) in [4.78, 5) is 42.8. The van der Waals surface area contributed by atoms with Gasteiger partial charge in [-0.05, 0) is 37.8 Å². The Morgan fingerprint density at radius 1 is 1.21 bits per heavy atom. The van der Waals surface area contributed by atoms with E-state index in [4.69, 9.17) is 4.74 Å². The summed E-state index contributed by atoms with van der Waals surface area (Å²) >= 11 is 0. The zero-order valence-corrected chi connectivity index (χ0v) is 17.2. The molecule has 8 heteroatoms. The number of hydrogen-bond donors (Lipinski definition) is 0. The molecule has 0 saturated carbocycles. The minimum absolute atomic E-state index is 0.143. The maximum Gasteiger partial charge on any atom is 0.337 e. The minimum atomic E-state index is -0.464. The van der Waals surface area contributed by atoms with Gasteiger partial charge in [0.15, 0.2) is 11.2 Å². The normalized spacial score (nSPS) is 11.3. The highest BCUT2D eigenvalue weighted by Crippen LogP contribution is 2.17. The first kappa shape index (κ1) is 20.6. The van der Waals surface area contributed by atoms with Crippen molar-refractivity contribution in [2.75, 3.05) is 6.61 Å². The van der Waals surface area contributed by atoms with Crippen molar-refractivity contribution >= 4 is 17.1 Å². The van der Waals surface area contributed by atoms with Gasteiger partial charge in [0.2, 0.25) is 0 Å². The van der Waals surface area contributed by atoms with Crippen molar-refractivity contribution in [3.63, 3.8) is 0 Å². The minimum Gasteiger partial charge on any atom is -0.465 e. The van der Waals surface area contributed by atoms with E-state index in [1.165, 1.54) is 20.0 Å². The number of aryl methyl sites for hydroxylation is 1. The summed E-state index contributed by atoms with van der Waals surface area (Å²) in [5.74, 6) is -0.137. The van der Waals surface area contributed by atoms with Crippen LogP contribution in [0.15, 0.2) is 40.2 Å². The lowest BCUT2D eigenvalue weighted by atomic mass is 10.1. The lowest BCUT2D eigenvalue weighted by Gasteiger charge is -2.14. The molecule has 0 saturated heterocycles. The average molecular weight is 398 g/mol. The van der Waals surface area contributed by atoms with Crippen LogP contribution in [0.5, 0.6) is 0 Å². The van der Waals surface area contributed by atoms with E-state index in [0.29, 0.717) is 24.6 Å². The fourth-order valence-electron chi connectivity index (χ4n) is 3.26. The average Bonchev–Trinajstić information content (AvgIpc) is 3.06. The summed E-state index contributed by atoms with van der Waals surface area (Å²) in [5, 5.41) is 0. The number of hydrogen-bond acceptors (Lipinski definition) is 5. The number of rotatable bonds is 7. The number of nitrogens with zero attached hydrogens (tertiary/aromatic N) is 4. The largest absolute Gasteiger partial charge is 0.465 e. The number of aromatic nitrogens is 4. The third-order valence-electron chi connectivity index (χ3n) is 4.79. The number of carbonyl (C=O) groups excluding carboxylic acids is 1. The van der Waals surface area contributed by atoms with Gasteiger partial charge in [-0.25, -0.2) is 14.3 Å². The summed E-state index contributed by atoms with van der Waals surface area (Å²) in [7, 11) is 0. The quantitative estimate of drug-likeness (QED) is 0.570. The van der Waals surface area contributed by atoms with E-state index in [2.05, 4.69) is 4.98 Å². The molecule has 3 rings (SSSR count). The monoisotopic (exact) mass is 398 g/mol. The Kier molecular flexibility index (Phi) is 6.00. The molecule has 0 atom stereocenters. The summed E-state index contributed by atoms with van der Waals surface area (Å²) in [5.41, 5.74) is 1.10. The van der Waals surface area contributed by atoms with Crippen LogP contribution in [-0.2, 0) is 22.6 Å². The predicted molar refractivity (Wildman–Crippen MR) is 110 cm³/mol. The van der Waals surface area contributed by atoms with E-state index in [1.54, 1.807) is 6.92 Å². The van der Waals surface area contributed by atoms with Crippen LogP contribution in [0, 0.1) is 12.8 Å². The Labute approximate surface area is 168 Å². The number of ether oxygens (including phenoxy) is 1. The molecular formula is C21H26N4O4. The second-order valence-corrected chi connectivity index (χ2v) is 7.39. The van der Waals surface area contributed by atoms with Crippen molar-refractivity contribution < 1.29 is 9.53 Å². The van der Waals surface area contributed by atoms with Gasteiger partial charge in [0.05, 0.1) is 18.6 Å². The number of para-hydroxylation sites is 1. The van der Waals surface area contributed by atoms with Gasteiger partial charge in [-0.2, -0.15) is 0 Å². The molecule has 154 valence electrons. The SMILES string of the molecule is CCOC(=O)Cn1cnc2c1c(=O)n(CCC(C)C)c(=O)n2-c1ccccc1C. The molecule has 0 fully saturated rings. The Morgan fingerprint density at radius 2 is 1.93 bits per heavy atom. The first-order valence-corrected chi connectivity index (χ1v) is 9.77. The van der Waals surface area contributed by atoms with Gasteiger partial charge in [-0.15, -0.1) is 0 Å². The van der Waals surface area contributed by atoms with Gasteiger partial charge in [0.1, 0.15) is 6.54 Å². The molecule has 0 aliphatic rings. The van der Waals surface area contributed by atoms with Crippen LogP contribution >= 0.6 is 0 Å². The van der Waals surface area contributed by atoms with Gasteiger partial charge in [-0.3, -0.25) is 14.2 Å². The maximum absolute atomic E-state index is 13.3. The molecule has 0 aliphatic carbocycles. The molecule has 1 aromatic carbocycles. The Hall–Kier alpha value is -3.16. The molecule has 29 heavy (non-hydrogen) atoms. The molecule has 8 nitrogen and oxygen atoms in total. The fraction of sp³-hybridized carbons (Fsp3) is 0.429. The van der Waals surface area contributed by atoms with Crippen LogP contribution in [-0.4, -0.2) is 31.3 Å². The molecule has 0 spiro atoms. The van der Waals surface area contributed by atoms with Gasteiger partial charge < -0.3 is 9.30 Å². The highest BCUT2D eigenvalue weighted by Gasteiger charge is 2.21. The lowest BCUT2D eigenvalue weighted by Crippen LogP contribution is -2.40. The summed E-state index contributed by atoms with van der Waals surface area (Å²) in [6.45, 7) is 8.09. The predicted octanol–water partition coefficient (Wildman–Crippen LogP) is 2.27. The van der Waals surface area contributed by atoms with Crippen LogP contribution < -0.4 is 11.2 Å². The molecule has 0 amide bonds. The fourth-order valence-corrected chi connectivity index (χ4v) is 3.26. The van der Waals surface area contributed by atoms with Crippen molar-refractivity contribution in [2.24, 2.45) is 5.92 Å². The highest BCUT2D eigenvalue weighted by atomic mass is 16.5. The second-order valence-electron chi connectivity index (χ2n) is 7.39. The third kappa shape index (κ3) is 4.01. The molecule has 3 aromatic rings. The van der Waals surface area contributed by atoms with Crippen LogP contribution in [0.4, 0.5) is 0 Å². The van der Waals surface area contributed by atoms with Crippen molar-refractivity contribution in [1.29, 1.82) is 0 Å². The second kappa shape index (κ2) is 8.46. The van der Waals surface area contributed by atoms with E-state index in [-0.39, 0.29) is 24.3 Å². The van der Waals surface area contributed by atoms with Crippen LogP contribution in [0.2, 0.25) is 0 Å². The van der Waals surface area contributed by atoms with Crippen molar-refractivity contribution in [1.82, 2.24) is 18.7 Å². The van der Waals surface area contributed by atoms with E-state index in [9.17, 15) is 14.4 Å². The number of esters is 1. The lowest BCUT2D eigenvalue weighted by molar-refractivity contribution is -0.143. The maximum atomic E-state index is 13.3. The first-order chi connectivity index (χ1) is 13.8. The first-order valence-electron chi connectivity index (χ1n) is 9.77. The molecular weight excluding hydrogens is 372 g/mol. The number of benzene rings is 1. The Morgan fingerprint density at radius 3 is 2.59 bits per heavy atom. The molecule has 0 bridgehead atoms. The Bertz CT molecular complexity index is 1150. The summed E-state index contributed by atoms with van der Waals surface area (Å²) in [6.07, 6.45) is 2.09. The van der Waals surface area contributed by atoms with E-state index in [0.717, 1.165) is 5.56 Å². The summed E-state index contributed by atoms with van der Waals surface area (Å²) in [6, 6.07) is 7.43. The number of carbonyl (C=O) groups is 1. The van der Waals surface area contributed by atoms with E-state index in [1.807, 2.05) is 45.0 Å². The zero-order chi connectivity index (χ0) is 21.1. The molecule has 0 radical (unpaired) electrons. The van der Waals surface area contributed by atoms with Crippen LogP contribution in [0.3, 0.4) is 0 Å². The van der Waals surface area contributed by atoms with Gasteiger partial charge >= 0.3 is 11.7 Å². The third-order valence-corrected chi connectivity index (χ3v) is 4.79. The van der Waals surface area contributed by atoms with E-state index < -0.39 is 17.2 Å². The number of fused-ring (bicyclic) bond motifs is 1. The Balaban J connectivity index is 2.30. The molecule has 0 unspecified atom stereocenters. The van der Waals surface area contributed by atoms with Gasteiger partial charge in [-0.1, -0.05) is 32.0 Å². The molecule has 0 aliphatic heterocycles. The van der Waals surface area contributed by atoms with Gasteiger partial charge in [0.25, 0.3) is 5.56 Å². The van der Waals surface area contributed by atoms with Crippen molar-refractivity contribution in [3.05, 3.63) is 57.0 Å². The smallest absolute Gasteiger partial charge is 0.337 e. The summed E-state index contributed by atoms with van der Waals surface area (Å²) < 4.78 is 9.15. The van der Waals surface area contributed by atoms with Crippen molar-refractivity contribution in [3.8, 4) is 5.69 Å². The zero-order valence-electron chi connectivity index (χ0n) is 17.2.